The first-order valence-electron chi connectivity index (χ1n) is 5.41. The Bertz CT molecular complexity index is 306. The summed E-state index contributed by atoms with van der Waals surface area (Å²) in [7, 11) is 1.92. The predicted octanol–water partition coefficient (Wildman–Crippen LogP) is 1.50. The van der Waals surface area contributed by atoms with Gasteiger partial charge in [-0.1, -0.05) is 13.8 Å². The molecule has 5 heteroatoms. The molecule has 1 rings (SSSR count). The number of nitrogens with zero attached hydrogens (tertiary/aromatic N) is 3. The van der Waals surface area contributed by atoms with Crippen LogP contribution in [-0.4, -0.2) is 23.7 Å². The van der Waals surface area contributed by atoms with Crippen LogP contribution >= 0.6 is 0 Å². The van der Waals surface area contributed by atoms with Gasteiger partial charge in [-0.2, -0.15) is 4.98 Å². The highest BCUT2D eigenvalue weighted by Gasteiger charge is 2.30. The van der Waals surface area contributed by atoms with Gasteiger partial charge in [0.2, 0.25) is 5.89 Å². The lowest BCUT2D eigenvalue weighted by Crippen LogP contribution is -2.35. The number of nitrogens with two attached hydrogens (primary N) is 1. The first-order valence-corrected chi connectivity index (χ1v) is 5.41. The van der Waals surface area contributed by atoms with E-state index in [9.17, 15) is 0 Å². The van der Waals surface area contributed by atoms with E-state index < -0.39 is 5.54 Å². The summed E-state index contributed by atoms with van der Waals surface area (Å²) in [6.45, 7) is 6.92. The predicted molar refractivity (Wildman–Crippen MR) is 59.7 cm³/mol. The largest absolute Gasteiger partial charge is 0.342 e. The maximum atomic E-state index is 6.16. The van der Waals surface area contributed by atoms with Gasteiger partial charge >= 0.3 is 0 Å². The van der Waals surface area contributed by atoms with Gasteiger partial charge in [0, 0.05) is 13.6 Å². The maximum Gasteiger partial charge on any atom is 0.265 e. The lowest BCUT2D eigenvalue weighted by Gasteiger charge is -2.21. The molecular weight excluding hydrogens is 192 g/mol. The van der Waals surface area contributed by atoms with E-state index in [1.165, 1.54) is 0 Å². The lowest BCUT2D eigenvalue weighted by atomic mass is 9.94. The van der Waals surface area contributed by atoms with E-state index in [0.717, 1.165) is 19.4 Å². The number of anilines is 1. The highest BCUT2D eigenvalue weighted by molar-refractivity contribution is 5.26. The fourth-order valence-electron chi connectivity index (χ4n) is 1.27. The summed E-state index contributed by atoms with van der Waals surface area (Å²) in [4.78, 5) is 6.23. The van der Waals surface area contributed by atoms with Crippen LogP contribution in [0, 0.1) is 0 Å². The van der Waals surface area contributed by atoms with Crippen molar-refractivity contribution in [1.29, 1.82) is 0 Å². The first-order chi connectivity index (χ1) is 7.07. The maximum absolute atomic E-state index is 6.16. The Morgan fingerprint density at radius 2 is 1.93 bits per heavy atom. The van der Waals surface area contributed by atoms with E-state index in [0.29, 0.717) is 11.8 Å². The second-order valence-corrected chi connectivity index (χ2v) is 3.78. The Hall–Kier alpha value is -1.10. The van der Waals surface area contributed by atoms with Crippen molar-refractivity contribution >= 4 is 5.95 Å². The van der Waals surface area contributed by atoms with E-state index in [1.54, 1.807) is 0 Å². The van der Waals surface area contributed by atoms with E-state index in [4.69, 9.17) is 10.3 Å². The van der Waals surface area contributed by atoms with Gasteiger partial charge in [0.25, 0.3) is 5.95 Å². The number of hydrogen-bond donors (Lipinski definition) is 1. The molecule has 1 aromatic rings. The third-order valence-electron chi connectivity index (χ3n) is 2.92. The van der Waals surface area contributed by atoms with Crippen LogP contribution in [0.3, 0.4) is 0 Å². The van der Waals surface area contributed by atoms with Gasteiger partial charge < -0.3 is 15.2 Å². The summed E-state index contributed by atoms with van der Waals surface area (Å²) in [5, 5.41) is 3.91. The fraction of sp³-hybridized carbons (Fsp3) is 0.800. The van der Waals surface area contributed by atoms with Gasteiger partial charge in [-0.05, 0) is 24.9 Å². The highest BCUT2D eigenvalue weighted by Crippen LogP contribution is 2.25. The Labute approximate surface area is 90.6 Å². The molecule has 0 unspecified atom stereocenters. The van der Waals surface area contributed by atoms with Gasteiger partial charge in [-0.15, -0.1) is 0 Å². The second kappa shape index (κ2) is 4.61. The van der Waals surface area contributed by atoms with Crippen LogP contribution in [0.1, 0.15) is 39.5 Å². The molecule has 0 aliphatic heterocycles. The zero-order valence-electron chi connectivity index (χ0n) is 9.95. The topological polar surface area (TPSA) is 68.2 Å². The van der Waals surface area contributed by atoms with Crippen LogP contribution in [0.5, 0.6) is 0 Å². The van der Waals surface area contributed by atoms with Crippen molar-refractivity contribution in [3.8, 4) is 0 Å². The molecule has 0 radical (unpaired) electrons. The van der Waals surface area contributed by atoms with Crippen molar-refractivity contribution in [1.82, 2.24) is 10.1 Å². The Balaban J connectivity index is 2.92. The standard InChI is InChI=1S/C10H20N4O/c1-5-10(11,6-2)8-12-9(13-15-8)14(4)7-3/h5-7,11H2,1-4H3. The smallest absolute Gasteiger partial charge is 0.265 e. The van der Waals surface area contributed by atoms with Gasteiger partial charge in [0.15, 0.2) is 0 Å². The SMILES string of the molecule is CCN(C)c1noc(C(N)(CC)CC)n1. The van der Waals surface area contributed by atoms with Gasteiger partial charge in [-0.3, -0.25) is 0 Å². The summed E-state index contributed by atoms with van der Waals surface area (Å²) in [6.07, 6.45) is 1.59. The molecule has 86 valence electrons. The van der Waals surface area contributed by atoms with Crippen LogP contribution < -0.4 is 10.6 Å². The third-order valence-corrected chi connectivity index (χ3v) is 2.92. The minimum Gasteiger partial charge on any atom is -0.342 e. The quantitative estimate of drug-likeness (QED) is 0.801. The molecule has 0 amide bonds. The van der Waals surface area contributed by atoms with Crippen LogP contribution in [-0.2, 0) is 5.54 Å². The number of aromatic nitrogens is 2. The Morgan fingerprint density at radius 1 is 1.33 bits per heavy atom. The van der Waals surface area contributed by atoms with E-state index in [-0.39, 0.29) is 0 Å². The van der Waals surface area contributed by atoms with Crippen molar-refractivity contribution in [2.24, 2.45) is 5.73 Å². The monoisotopic (exact) mass is 212 g/mol. The Morgan fingerprint density at radius 3 is 2.40 bits per heavy atom. The van der Waals surface area contributed by atoms with E-state index >= 15 is 0 Å². The molecule has 5 nitrogen and oxygen atoms in total. The average molecular weight is 212 g/mol. The number of hydrogen-bond acceptors (Lipinski definition) is 5. The van der Waals surface area contributed by atoms with E-state index in [2.05, 4.69) is 10.1 Å². The summed E-state index contributed by atoms with van der Waals surface area (Å²) >= 11 is 0. The highest BCUT2D eigenvalue weighted by atomic mass is 16.5. The van der Waals surface area contributed by atoms with Crippen LogP contribution in [0.4, 0.5) is 5.95 Å². The molecule has 2 N–H and O–H groups in total. The van der Waals surface area contributed by atoms with Crippen molar-refractivity contribution in [2.75, 3.05) is 18.5 Å². The third kappa shape index (κ3) is 2.28. The molecule has 15 heavy (non-hydrogen) atoms. The zero-order chi connectivity index (χ0) is 11.5. The zero-order valence-corrected chi connectivity index (χ0v) is 9.95. The van der Waals surface area contributed by atoms with Gasteiger partial charge in [-0.25, -0.2) is 0 Å². The normalized spacial score (nSPS) is 11.8. The van der Waals surface area contributed by atoms with Crippen LogP contribution in [0.15, 0.2) is 4.52 Å². The molecule has 1 aromatic heterocycles. The van der Waals surface area contributed by atoms with Gasteiger partial charge in [0.1, 0.15) is 0 Å². The minimum absolute atomic E-state index is 0.486. The summed E-state index contributed by atoms with van der Waals surface area (Å²) in [5.74, 6) is 1.13. The van der Waals surface area contributed by atoms with Gasteiger partial charge in [0.05, 0.1) is 5.54 Å². The van der Waals surface area contributed by atoms with Crippen molar-refractivity contribution in [2.45, 2.75) is 39.2 Å². The van der Waals surface area contributed by atoms with E-state index in [1.807, 2.05) is 32.7 Å². The Kier molecular flexibility index (Phi) is 3.68. The number of rotatable bonds is 5. The molecule has 0 fully saturated rings. The molecular formula is C10H20N4O. The molecule has 0 spiro atoms. The van der Waals surface area contributed by atoms with Crippen molar-refractivity contribution in [3.05, 3.63) is 5.89 Å². The van der Waals surface area contributed by atoms with Crippen LogP contribution in [0.2, 0.25) is 0 Å². The fourth-order valence-corrected chi connectivity index (χ4v) is 1.27. The van der Waals surface area contributed by atoms with Crippen molar-refractivity contribution < 1.29 is 4.52 Å². The first kappa shape index (κ1) is 12.0. The summed E-state index contributed by atoms with van der Waals surface area (Å²) in [5.41, 5.74) is 5.67. The minimum atomic E-state index is -0.486. The summed E-state index contributed by atoms with van der Waals surface area (Å²) < 4.78 is 5.21. The molecule has 0 atom stereocenters. The molecule has 0 aromatic carbocycles. The molecule has 0 bridgehead atoms. The molecule has 1 heterocycles. The lowest BCUT2D eigenvalue weighted by molar-refractivity contribution is 0.267. The van der Waals surface area contributed by atoms with Crippen molar-refractivity contribution in [3.63, 3.8) is 0 Å². The summed E-state index contributed by atoms with van der Waals surface area (Å²) in [6, 6.07) is 0. The molecule has 0 aliphatic carbocycles. The molecule has 0 aliphatic rings. The molecule has 0 saturated carbocycles. The average Bonchev–Trinajstić information content (AvgIpc) is 2.76. The van der Waals surface area contributed by atoms with Crippen LogP contribution in [0.25, 0.3) is 0 Å². The molecule has 0 saturated heterocycles. The second-order valence-electron chi connectivity index (χ2n) is 3.78.